The lowest BCUT2D eigenvalue weighted by Crippen LogP contribution is -2.04. The SMILES string of the molecule is C.C.CN.CN.CNc1nc(Cl)nc(SC)n1.CNc1nc(NC)nc(SC)n1.CS.Clc1nc(Cl)nc(Cl)n1. The second-order valence-corrected chi connectivity index (χ2v) is 7.68. The summed E-state index contributed by atoms with van der Waals surface area (Å²) in [6.07, 6.45) is 5.50. The molecular weight excluding hydrogens is 662 g/mol. The highest BCUT2D eigenvalue weighted by Gasteiger charge is 2.02. The average Bonchev–Trinajstić information content (AvgIpc) is 2.95. The molecular formula is C19H40Cl4N14S3. The molecule has 0 amide bonds. The van der Waals surface area contributed by atoms with Crippen LogP contribution in [-0.4, -0.2) is 98.9 Å². The third-order valence-corrected chi connectivity index (χ3v) is 4.56. The number of nitrogens with two attached hydrogens (primary N) is 2. The second-order valence-electron chi connectivity index (χ2n) is 4.78. The highest BCUT2D eigenvalue weighted by Crippen LogP contribution is 2.13. The van der Waals surface area contributed by atoms with Crippen molar-refractivity contribution >= 4 is 100 Å². The van der Waals surface area contributed by atoms with Crippen LogP contribution >= 0.6 is 82.6 Å². The van der Waals surface area contributed by atoms with Gasteiger partial charge in [0.25, 0.3) is 0 Å². The summed E-state index contributed by atoms with van der Waals surface area (Å²) >= 11 is 28.0. The molecule has 0 radical (unpaired) electrons. The Morgan fingerprint density at radius 3 is 1.02 bits per heavy atom. The lowest BCUT2D eigenvalue weighted by Gasteiger charge is -2.03. The van der Waals surface area contributed by atoms with E-state index in [9.17, 15) is 0 Å². The van der Waals surface area contributed by atoms with Gasteiger partial charge in [-0.25, -0.2) is 0 Å². The summed E-state index contributed by atoms with van der Waals surface area (Å²) in [6.45, 7) is 0. The van der Waals surface area contributed by atoms with Gasteiger partial charge in [0.15, 0.2) is 10.3 Å². The third-order valence-electron chi connectivity index (χ3n) is 2.79. The number of aromatic nitrogens is 9. The zero-order chi connectivity index (χ0) is 30.1. The molecule has 0 unspecified atom stereocenters. The van der Waals surface area contributed by atoms with Crippen LogP contribution in [0.5, 0.6) is 0 Å². The molecule has 0 aliphatic rings. The van der Waals surface area contributed by atoms with Gasteiger partial charge in [-0.3, -0.25) is 0 Å². The standard InChI is InChI=1S/C6H11N5S.C5H7ClN4S.C3Cl3N3.2CH5N.CH4S.2CH4/c1-7-4-9-5(8-2)11-6(10-4)12-3;1-7-4-8-3(6)9-5(10-4)11-2;4-1-7-2(5)9-3(6)8-1;3*1-2;;/h1-3H3,(H2,7,8,9,10,11);1-2H3,(H,7,8,9,10);;2*2H2,1H3;2H,1H3;2*1H4. The fourth-order valence-electron chi connectivity index (χ4n) is 1.51. The number of hydrogen-bond acceptors (Lipinski definition) is 17. The van der Waals surface area contributed by atoms with Crippen LogP contribution in [0.4, 0.5) is 17.8 Å². The van der Waals surface area contributed by atoms with Gasteiger partial charge in [-0.05, 0) is 79.3 Å². The highest BCUT2D eigenvalue weighted by molar-refractivity contribution is 7.98. The van der Waals surface area contributed by atoms with Gasteiger partial charge in [-0.1, -0.05) is 38.4 Å². The number of halogens is 4. The minimum Gasteiger partial charge on any atom is -0.357 e. The van der Waals surface area contributed by atoms with Gasteiger partial charge >= 0.3 is 0 Å². The smallest absolute Gasteiger partial charge is 0.228 e. The summed E-state index contributed by atoms with van der Waals surface area (Å²) in [6, 6.07) is 0. The summed E-state index contributed by atoms with van der Waals surface area (Å²) < 4.78 is 0. The largest absolute Gasteiger partial charge is 0.357 e. The van der Waals surface area contributed by atoms with E-state index < -0.39 is 0 Å². The van der Waals surface area contributed by atoms with E-state index in [2.05, 4.69) is 84.9 Å². The molecule has 0 fully saturated rings. The lowest BCUT2D eigenvalue weighted by atomic mass is 10.8. The molecule has 0 aliphatic heterocycles. The van der Waals surface area contributed by atoms with E-state index >= 15 is 0 Å². The fourth-order valence-corrected chi connectivity index (χ4v) is 3.04. The van der Waals surface area contributed by atoms with E-state index in [-0.39, 0.29) is 36.0 Å². The number of hydrogen-bond donors (Lipinski definition) is 6. The Kier molecular flexibility index (Phi) is 38.7. The number of thiol groups is 1. The van der Waals surface area contributed by atoms with E-state index in [1.54, 1.807) is 27.4 Å². The Morgan fingerprint density at radius 2 is 0.750 bits per heavy atom. The molecule has 14 nitrogen and oxygen atoms in total. The Hall–Kier alpha value is -1.44. The van der Waals surface area contributed by atoms with Gasteiger partial charge in [0, 0.05) is 21.1 Å². The maximum atomic E-state index is 5.59. The van der Waals surface area contributed by atoms with Gasteiger partial charge in [0.05, 0.1) is 0 Å². The van der Waals surface area contributed by atoms with Crippen LogP contribution < -0.4 is 27.4 Å². The van der Waals surface area contributed by atoms with Crippen LogP contribution in [0.25, 0.3) is 0 Å². The first-order valence-electron chi connectivity index (χ1n) is 9.86. The van der Waals surface area contributed by atoms with Crippen molar-refractivity contribution in [1.29, 1.82) is 0 Å². The third kappa shape index (κ3) is 23.3. The molecule has 0 saturated heterocycles. The number of nitrogens with one attached hydrogen (secondary N) is 3. The zero-order valence-corrected chi connectivity index (χ0v) is 27.5. The van der Waals surface area contributed by atoms with Gasteiger partial charge in [0.2, 0.25) is 39.0 Å². The van der Waals surface area contributed by atoms with E-state index in [0.717, 1.165) is 0 Å². The number of anilines is 3. The van der Waals surface area contributed by atoms with Crippen LogP contribution in [0.2, 0.25) is 21.1 Å². The van der Waals surface area contributed by atoms with Crippen LogP contribution in [0.15, 0.2) is 10.3 Å². The number of nitrogens with zero attached hydrogens (tertiary/aromatic N) is 9. The van der Waals surface area contributed by atoms with Crippen LogP contribution in [0.1, 0.15) is 14.9 Å². The van der Waals surface area contributed by atoms with Crippen molar-refractivity contribution in [2.75, 3.05) is 70.0 Å². The Balaban J connectivity index is -0.000000137. The molecule has 0 aromatic carbocycles. The van der Waals surface area contributed by atoms with Crippen molar-refractivity contribution in [3.05, 3.63) is 21.1 Å². The molecule has 40 heavy (non-hydrogen) atoms. The average molecular weight is 703 g/mol. The molecule has 0 spiro atoms. The van der Waals surface area contributed by atoms with Crippen molar-refractivity contribution in [2.24, 2.45) is 11.5 Å². The van der Waals surface area contributed by atoms with Gasteiger partial charge in [-0.15, -0.1) is 0 Å². The topological polar surface area (TPSA) is 204 Å². The molecule has 0 saturated carbocycles. The lowest BCUT2D eigenvalue weighted by molar-refractivity contribution is 0.911. The van der Waals surface area contributed by atoms with Crippen molar-refractivity contribution in [3.63, 3.8) is 0 Å². The van der Waals surface area contributed by atoms with Gasteiger partial charge in [-0.2, -0.15) is 57.5 Å². The summed E-state index contributed by atoms with van der Waals surface area (Å²) in [4.78, 5) is 34.4. The second kappa shape index (κ2) is 32.1. The monoisotopic (exact) mass is 700 g/mol. The van der Waals surface area contributed by atoms with E-state index in [4.69, 9.17) is 46.4 Å². The van der Waals surface area contributed by atoms with Crippen molar-refractivity contribution in [2.45, 2.75) is 25.2 Å². The van der Waals surface area contributed by atoms with Crippen LogP contribution in [0, 0.1) is 0 Å². The summed E-state index contributed by atoms with van der Waals surface area (Å²) in [5, 5.41) is 10.0. The molecule has 3 aromatic rings. The Labute approximate surface area is 271 Å². The first-order chi connectivity index (χ1) is 18.2. The first kappa shape index (κ1) is 48.3. The van der Waals surface area contributed by atoms with Gasteiger partial charge in [0.1, 0.15) is 0 Å². The first-order valence-corrected chi connectivity index (χ1v) is 14.7. The molecule has 0 aliphatic carbocycles. The highest BCUT2D eigenvalue weighted by atomic mass is 35.5. The fraction of sp³-hybridized carbons (Fsp3) is 0.526. The molecule has 7 N–H and O–H groups in total. The molecule has 0 bridgehead atoms. The normalized spacial score (nSPS) is 8.18. The number of rotatable bonds is 5. The predicted octanol–water partition coefficient (Wildman–Crippen LogP) is 4.77. The molecule has 21 heteroatoms. The molecule has 0 atom stereocenters. The summed E-state index contributed by atoms with van der Waals surface area (Å²) in [5.41, 5.74) is 9.00. The van der Waals surface area contributed by atoms with Crippen molar-refractivity contribution < 1.29 is 0 Å². The Bertz CT molecular complexity index is 884. The van der Waals surface area contributed by atoms with Gasteiger partial charge < -0.3 is 27.4 Å². The Morgan fingerprint density at radius 1 is 0.500 bits per heavy atom. The maximum Gasteiger partial charge on any atom is 0.228 e. The molecule has 3 aromatic heterocycles. The zero-order valence-electron chi connectivity index (χ0n) is 22.0. The van der Waals surface area contributed by atoms with E-state index in [0.29, 0.717) is 28.2 Å². The summed E-state index contributed by atoms with van der Waals surface area (Å²) in [5.74, 6) is 1.66. The van der Waals surface area contributed by atoms with Crippen molar-refractivity contribution in [3.8, 4) is 0 Å². The minimum absolute atomic E-state index is 0. The van der Waals surface area contributed by atoms with E-state index in [1.165, 1.54) is 37.6 Å². The quantitative estimate of drug-likeness (QED) is 0.157. The molecule has 3 rings (SSSR count). The van der Waals surface area contributed by atoms with E-state index in [1.807, 2.05) is 12.5 Å². The molecule has 232 valence electrons. The van der Waals surface area contributed by atoms with Crippen LogP contribution in [-0.2, 0) is 0 Å². The minimum atomic E-state index is 0. The van der Waals surface area contributed by atoms with Crippen molar-refractivity contribution in [1.82, 2.24) is 44.9 Å². The van der Waals surface area contributed by atoms with Crippen LogP contribution in [0.3, 0.4) is 0 Å². The maximum absolute atomic E-state index is 5.59. The number of thioether (sulfide) groups is 2. The predicted molar refractivity (Wildman–Crippen MR) is 180 cm³/mol. The summed E-state index contributed by atoms with van der Waals surface area (Å²) in [7, 11) is 8.29. The molecule has 3 heterocycles.